The first-order chi connectivity index (χ1) is 9.92. The predicted molar refractivity (Wildman–Crippen MR) is 75.7 cm³/mol. The lowest BCUT2D eigenvalue weighted by Crippen LogP contribution is -2.38. The Balaban J connectivity index is 2.64. The lowest BCUT2D eigenvalue weighted by Gasteiger charge is -2.19. The van der Waals surface area contributed by atoms with E-state index in [9.17, 15) is 14.0 Å². The van der Waals surface area contributed by atoms with Crippen LogP contribution in [-0.2, 0) is 14.3 Å². The largest absolute Gasteiger partial charge is 0.480 e. The molecule has 0 saturated carbocycles. The number of hydrogen-bond donors (Lipinski definition) is 2. The maximum atomic E-state index is 13.1. The number of aryl methyl sites for hydroxylation is 1. The number of methoxy groups -OCH3 is 1. The number of nitrogens with zero attached hydrogens (tertiary/aromatic N) is 1. The monoisotopic (exact) mass is 298 g/mol. The van der Waals surface area contributed by atoms with Gasteiger partial charge in [-0.15, -0.1) is 0 Å². The van der Waals surface area contributed by atoms with Crippen LogP contribution in [0.25, 0.3) is 0 Å². The van der Waals surface area contributed by atoms with E-state index in [-0.39, 0.29) is 13.1 Å². The SMILES string of the molecule is COCCN(CC(=O)O)CC(=O)Nc1cc(F)ccc1C. The highest BCUT2D eigenvalue weighted by Crippen LogP contribution is 2.15. The summed E-state index contributed by atoms with van der Waals surface area (Å²) < 4.78 is 18.0. The number of carboxylic acids is 1. The van der Waals surface area contributed by atoms with Crippen molar-refractivity contribution in [2.24, 2.45) is 0 Å². The van der Waals surface area contributed by atoms with Crippen LogP contribution in [0.2, 0.25) is 0 Å². The van der Waals surface area contributed by atoms with Gasteiger partial charge >= 0.3 is 5.97 Å². The van der Waals surface area contributed by atoms with Crippen molar-refractivity contribution in [2.75, 3.05) is 38.7 Å². The summed E-state index contributed by atoms with van der Waals surface area (Å²) in [4.78, 5) is 24.1. The van der Waals surface area contributed by atoms with Crippen molar-refractivity contribution in [3.05, 3.63) is 29.6 Å². The van der Waals surface area contributed by atoms with Crippen LogP contribution in [0.15, 0.2) is 18.2 Å². The number of nitrogens with one attached hydrogen (secondary N) is 1. The summed E-state index contributed by atoms with van der Waals surface area (Å²) in [6.07, 6.45) is 0. The van der Waals surface area contributed by atoms with E-state index in [0.29, 0.717) is 18.8 Å². The Kier molecular flexibility index (Phi) is 6.77. The predicted octanol–water partition coefficient (Wildman–Crippen LogP) is 1.11. The van der Waals surface area contributed by atoms with Gasteiger partial charge in [-0.25, -0.2) is 4.39 Å². The highest BCUT2D eigenvalue weighted by atomic mass is 19.1. The van der Waals surface area contributed by atoms with Crippen molar-refractivity contribution >= 4 is 17.6 Å². The summed E-state index contributed by atoms with van der Waals surface area (Å²) >= 11 is 0. The molecule has 0 atom stereocenters. The molecule has 1 aromatic carbocycles. The number of benzene rings is 1. The molecule has 0 spiro atoms. The Morgan fingerprint density at radius 2 is 2.10 bits per heavy atom. The normalized spacial score (nSPS) is 10.7. The summed E-state index contributed by atoms with van der Waals surface area (Å²) in [5, 5.41) is 11.4. The highest BCUT2D eigenvalue weighted by Gasteiger charge is 2.14. The standard InChI is InChI=1S/C14H19FN2O4/c1-10-3-4-11(15)7-12(10)16-13(18)8-17(5-6-21-2)9-14(19)20/h3-4,7H,5-6,8-9H2,1-2H3,(H,16,18)(H,19,20). The first-order valence-corrected chi connectivity index (χ1v) is 6.41. The Morgan fingerprint density at radius 3 is 2.71 bits per heavy atom. The zero-order valence-electron chi connectivity index (χ0n) is 12.1. The van der Waals surface area contributed by atoms with E-state index in [0.717, 1.165) is 5.56 Å². The molecule has 0 saturated heterocycles. The number of carbonyl (C=O) groups excluding carboxylic acids is 1. The van der Waals surface area contributed by atoms with Gasteiger partial charge in [-0.05, 0) is 24.6 Å². The number of halogens is 1. The summed E-state index contributed by atoms with van der Waals surface area (Å²) in [7, 11) is 1.50. The van der Waals surface area contributed by atoms with Gasteiger partial charge in [0.05, 0.1) is 19.7 Å². The molecule has 2 N–H and O–H groups in total. The minimum atomic E-state index is -1.03. The molecule has 116 valence electrons. The molecule has 1 aromatic rings. The molecule has 1 amide bonds. The first-order valence-electron chi connectivity index (χ1n) is 6.41. The van der Waals surface area contributed by atoms with Crippen molar-refractivity contribution < 1.29 is 23.8 Å². The van der Waals surface area contributed by atoms with E-state index >= 15 is 0 Å². The molecule has 0 aliphatic rings. The Labute approximate surface area is 122 Å². The lowest BCUT2D eigenvalue weighted by atomic mass is 10.2. The molecule has 7 heteroatoms. The van der Waals surface area contributed by atoms with Gasteiger partial charge in [-0.2, -0.15) is 0 Å². The fourth-order valence-corrected chi connectivity index (χ4v) is 1.75. The molecule has 21 heavy (non-hydrogen) atoms. The first kappa shape index (κ1) is 17.1. The van der Waals surface area contributed by atoms with Gasteiger partial charge in [-0.3, -0.25) is 14.5 Å². The number of carbonyl (C=O) groups is 2. The number of amides is 1. The number of anilines is 1. The van der Waals surface area contributed by atoms with Gasteiger partial charge in [0.2, 0.25) is 5.91 Å². The van der Waals surface area contributed by atoms with Gasteiger partial charge in [-0.1, -0.05) is 6.07 Å². The van der Waals surface area contributed by atoms with Crippen LogP contribution in [0.4, 0.5) is 10.1 Å². The zero-order chi connectivity index (χ0) is 15.8. The molecule has 0 radical (unpaired) electrons. The molecular formula is C14H19FN2O4. The minimum Gasteiger partial charge on any atom is -0.480 e. The third-order valence-corrected chi connectivity index (χ3v) is 2.81. The molecule has 0 aromatic heterocycles. The van der Waals surface area contributed by atoms with Crippen molar-refractivity contribution in [2.45, 2.75) is 6.92 Å². The average molecular weight is 298 g/mol. The van der Waals surface area contributed by atoms with Gasteiger partial charge < -0.3 is 15.2 Å². The van der Waals surface area contributed by atoms with Crippen LogP contribution >= 0.6 is 0 Å². The van der Waals surface area contributed by atoms with Crippen LogP contribution < -0.4 is 5.32 Å². The third-order valence-electron chi connectivity index (χ3n) is 2.81. The Bertz CT molecular complexity index is 508. The Morgan fingerprint density at radius 1 is 1.38 bits per heavy atom. The molecule has 6 nitrogen and oxygen atoms in total. The molecular weight excluding hydrogens is 279 g/mol. The van der Waals surface area contributed by atoms with Crippen molar-refractivity contribution in [1.29, 1.82) is 0 Å². The van der Waals surface area contributed by atoms with Gasteiger partial charge in [0, 0.05) is 19.3 Å². The number of aliphatic carboxylic acids is 1. The van der Waals surface area contributed by atoms with E-state index in [1.165, 1.54) is 24.1 Å². The van der Waals surface area contributed by atoms with E-state index in [1.54, 1.807) is 13.0 Å². The summed E-state index contributed by atoms with van der Waals surface area (Å²) in [5.41, 5.74) is 1.11. The summed E-state index contributed by atoms with van der Waals surface area (Å²) in [5.74, 6) is -1.88. The smallest absolute Gasteiger partial charge is 0.317 e. The van der Waals surface area contributed by atoms with Crippen LogP contribution in [0.3, 0.4) is 0 Å². The number of carboxylic acid groups (broad SMARTS) is 1. The second-order valence-electron chi connectivity index (χ2n) is 4.60. The van der Waals surface area contributed by atoms with E-state index in [1.807, 2.05) is 0 Å². The van der Waals surface area contributed by atoms with Crippen LogP contribution in [0.1, 0.15) is 5.56 Å². The minimum absolute atomic E-state index is 0.106. The maximum Gasteiger partial charge on any atom is 0.317 e. The van der Waals surface area contributed by atoms with Gasteiger partial charge in [0.25, 0.3) is 0 Å². The van der Waals surface area contributed by atoms with E-state index < -0.39 is 17.7 Å². The van der Waals surface area contributed by atoms with Crippen LogP contribution in [-0.4, -0.2) is 55.2 Å². The summed E-state index contributed by atoms with van der Waals surface area (Å²) in [6, 6.07) is 4.09. The molecule has 0 fully saturated rings. The third kappa shape index (κ3) is 6.33. The van der Waals surface area contributed by atoms with Crippen molar-refractivity contribution in [3.63, 3.8) is 0 Å². The topological polar surface area (TPSA) is 78.9 Å². The zero-order valence-corrected chi connectivity index (χ0v) is 12.1. The average Bonchev–Trinajstić information content (AvgIpc) is 2.39. The quantitative estimate of drug-likeness (QED) is 0.751. The fourth-order valence-electron chi connectivity index (χ4n) is 1.75. The molecule has 0 heterocycles. The summed E-state index contributed by atoms with van der Waals surface area (Å²) in [6.45, 7) is 2.01. The van der Waals surface area contributed by atoms with E-state index in [2.05, 4.69) is 5.32 Å². The Hall–Kier alpha value is -1.99. The molecule has 0 aliphatic heterocycles. The molecule has 1 rings (SSSR count). The second-order valence-corrected chi connectivity index (χ2v) is 4.60. The van der Waals surface area contributed by atoms with Crippen LogP contribution in [0, 0.1) is 12.7 Å². The number of ether oxygens (including phenoxy) is 1. The number of rotatable bonds is 8. The maximum absolute atomic E-state index is 13.1. The van der Waals surface area contributed by atoms with Crippen molar-refractivity contribution in [1.82, 2.24) is 4.90 Å². The highest BCUT2D eigenvalue weighted by molar-refractivity contribution is 5.93. The molecule has 0 aliphatic carbocycles. The molecule has 0 bridgehead atoms. The van der Waals surface area contributed by atoms with Crippen LogP contribution in [0.5, 0.6) is 0 Å². The van der Waals surface area contributed by atoms with Crippen molar-refractivity contribution in [3.8, 4) is 0 Å². The van der Waals surface area contributed by atoms with E-state index in [4.69, 9.17) is 9.84 Å². The molecule has 0 unspecified atom stereocenters. The second kappa shape index (κ2) is 8.33. The van der Waals surface area contributed by atoms with Gasteiger partial charge in [0.1, 0.15) is 5.82 Å². The fraction of sp³-hybridized carbons (Fsp3) is 0.429. The number of hydrogen-bond acceptors (Lipinski definition) is 4. The lowest BCUT2D eigenvalue weighted by molar-refractivity contribution is -0.138. The van der Waals surface area contributed by atoms with Gasteiger partial charge in [0.15, 0.2) is 0 Å².